The lowest BCUT2D eigenvalue weighted by molar-refractivity contribution is 0.152. The third-order valence-electron chi connectivity index (χ3n) is 2.77. The average Bonchev–Trinajstić information content (AvgIpc) is 2.15. The predicted octanol–water partition coefficient (Wildman–Crippen LogP) is 0.340. The highest BCUT2D eigenvalue weighted by Crippen LogP contribution is 2.02. The summed E-state index contributed by atoms with van der Waals surface area (Å²) in [6, 6.07) is 0. The minimum Gasteiger partial charge on any atom is -0.388 e. The molecule has 0 spiro atoms. The largest absolute Gasteiger partial charge is 0.388 e. The summed E-state index contributed by atoms with van der Waals surface area (Å²) in [4.78, 5) is 4.87. The van der Waals surface area contributed by atoms with Gasteiger partial charge in [-0.25, -0.2) is 0 Å². The third-order valence-corrected chi connectivity index (χ3v) is 2.77. The first kappa shape index (κ1) is 11.5. The molecule has 4 nitrogen and oxygen atoms in total. The summed E-state index contributed by atoms with van der Waals surface area (Å²) in [6.07, 6.45) is 2.98. The van der Waals surface area contributed by atoms with Crippen LogP contribution in [-0.2, 0) is 0 Å². The fourth-order valence-electron chi connectivity index (χ4n) is 1.72. The average molecular weight is 198 g/mol. The second kappa shape index (κ2) is 5.98. The van der Waals surface area contributed by atoms with E-state index in [1.807, 2.05) is 0 Å². The van der Waals surface area contributed by atoms with E-state index in [1.165, 1.54) is 39.1 Å². The summed E-state index contributed by atoms with van der Waals surface area (Å²) < 4.78 is 0. The minimum absolute atomic E-state index is 0.323. The van der Waals surface area contributed by atoms with Gasteiger partial charge in [-0.3, -0.25) is 5.41 Å². The normalized spacial score (nSPS) is 19.8. The van der Waals surface area contributed by atoms with Crippen LogP contribution in [0.2, 0.25) is 0 Å². The van der Waals surface area contributed by atoms with E-state index < -0.39 is 0 Å². The summed E-state index contributed by atoms with van der Waals surface area (Å²) >= 11 is 0. The number of hydrogen-bond acceptors (Lipinski definition) is 3. The number of nitrogens with two attached hydrogens (primary N) is 1. The Labute approximate surface area is 86.6 Å². The summed E-state index contributed by atoms with van der Waals surface area (Å²) in [5.41, 5.74) is 5.29. The molecular weight excluding hydrogens is 176 g/mol. The van der Waals surface area contributed by atoms with Crippen LogP contribution in [0, 0.1) is 5.41 Å². The van der Waals surface area contributed by atoms with Gasteiger partial charge in [0.2, 0.25) is 0 Å². The Balaban J connectivity index is 1.99. The molecule has 0 aliphatic carbocycles. The van der Waals surface area contributed by atoms with E-state index in [4.69, 9.17) is 11.1 Å². The van der Waals surface area contributed by atoms with Crippen LogP contribution in [0.15, 0.2) is 0 Å². The monoisotopic (exact) mass is 198 g/mol. The van der Waals surface area contributed by atoms with Crippen molar-refractivity contribution in [2.45, 2.75) is 19.3 Å². The molecule has 0 aromatic heterocycles. The van der Waals surface area contributed by atoms with Crippen LogP contribution < -0.4 is 5.73 Å². The van der Waals surface area contributed by atoms with Crippen molar-refractivity contribution >= 4 is 5.84 Å². The smallest absolute Gasteiger partial charge is 0.0905 e. The van der Waals surface area contributed by atoms with Gasteiger partial charge in [-0.1, -0.05) is 0 Å². The second-order valence-corrected chi connectivity index (χ2v) is 4.13. The zero-order valence-corrected chi connectivity index (χ0v) is 9.13. The number of hydrogen-bond donors (Lipinski definition) is 2. The fraction of sp³-hybridized carbons (Fsp3) is 0.900. The zero-order chi connectivity index (χ0) is 10.4. The van der Waals surface area contributed by atoms with Gasteiger partial charge in [0.25, 0.3) is 0 Å². The Morgan fingerprint density at radius 1 is 1.21 bits per heavy atom. The Kier molecular flexibility index (Phi) is 4.90. The summed E-state index contributed by atoms with van der Waals surface area (Å²) in [7, 11) is 2.17. The lowest BCUT2D eigenvalue weighted by atomic mass is 10.2. The van der Waals surface area contributed by atoms with Crippen LogP contribution in [0.25, 0.3) is 0 Å². The standard InChI is InChI=1S/C10H22N4/c1-13-6-8-14(9-7-13)5-3-2-4-10(11)12/h2-9H2,1H3,(H3,11,12). The van der Waals surface area contributed by atoms with E-state index in [2.05, 4.69) is 16.8 Å². The minimum atomic E-state index is 0.323. The third kappa shape index (κ3) is 4.58. The molecule has 0 aromatic rings. The molecule has 82 valence electrons. The van der Waals surface area contributed by atoms with Gasteiger partial charge in [0.1, 0.15) is 0 Å². The quantitative estimate of drug-likeness (QED) is 0.380. The van der Waals surface area contributed by atoms with Crippen molar-refractivity contribution in [2.75, 3.05) is 39.8 Å². The summed E-state index contributed by atoms with van der Waals surface area (Å²) in [5.74, 6) is 0.323. The number of rotatable bonds is 5. The van der Waals surface area contributed by atoms with Crippen LogP contribution >= 0.6 is 0 Å². The highest BCUT2D eigenvalue weighted by Gasteiger charge is 2.12. The molecule has 0 bridgehead atoms. The van der Waals surface area contributed by atoms with E-state index in [0.29, 0.717) is 5.84 Å². The summed E-state index contributed by atoms with van der Waals surface area (Å²) in [6.45, 7) is 5.92. The number of likely N-dealkylation sites (N-methyl/N-ethyl adjacent to an activating group) is 1. The molecule has 1 saturated heterocycles. The topological polar surface area (TPSA) is 56.4 Å². The van der Waals surface area contributed by atoms with Gasteiger partial charge in [-0.05, 0) is 26.4 Å². The van der Waals surface area contributed by atoms with Crippen molar-refractivity contribution in [3.63, 3.8) is 0 Å². The van der Waals surface area contributed by atoms with Crippen molar-refractivity contribution in [3.8, 4) is 0 Å². The van der Waals surface area contributed by atoms with Gasteiger partial charge in [0.05, 0.1) is 5.84 Å². The van der Waals surface area contributed by atoms with Gasteiger partial charge >= 0.3 is 0 Å². The molecule has 1 aliphatic heterocycles. The Bertz CT molecular complexity index is 173. The van der Waals surface area contributed by atoms with Crippen molar-refractivity contribution in [2.24, 2.45) is 5.73 Å². The van der Waals surface area contributed by atoms with Gasteiger partial charge in [0, 0.05) is 32.6 Å². The van der Waals surface area contributed by atoms with Gasteiger partial charge < -0.3 is 15.5 Å². The summed E-state index contributed by atoms with van der Waals surface area (Å²) in [5, 5.41) is 7.10. The van der Waals surface area contributed by atoms with Crippen molar-refractivity contribution in [1.29, 1.82) is 5.41 Å². The lowest BCUT2D eigenvalue weighted by Gasteiger charge is -2.32. The molecule has 1 fully saturated rings. The molecule has 1 heterocycles. The predicted molar refractivity (Wildman–Crippen MR) is 59.7 cm³/mol. The van der Waals surface area contributed by atoms with Gasteiger partial charge in [-0.2, -0.15) is 0 Å². The van der Waals surface area contributed by atoms with Crippen LogP contribution in [0.5, 0.6) is 0 Å². The maximum Gasteiger partial charge on any atom is 0.0905 e. The van der Waals surface area contributed by atoms with Gasteiger partial charge in [0.15, 0.2) is 0 Å². The van der Waals surface area contributed by atoms with Gasteiger partial charge in [-0.15, -0.1) is 0 Å². The second-order valence-electron chi connectivity index (χ2n) is 4.13. The van der Waals surface area contributed by atoms with Crippen LogP contribution in [0.1, 0.15) is 19.3 Å². The molecule has 1 rings (SSSR count). The van der Waals surface area contributed by atoms with E-state index in [-0.39, 0.29) is 0 Å². The highest BCUT2D eigenvalue weighted by molar-refractivity contribution is 5.76. The molecule has 0 saturated carbocycles. The molecule has 0 atom stereocenters. The van der Waals surface area contributed by atoms with Crippen molar-refractivity contribution in [3.05, 3.63) is 0 Å². The Morgan fingerprint density at radius 2 is 1.86 bits per heavy atom. The lowest BCUT2D eigenvalue weighted by Crippen LogP contribution is -2.44. The molecule has 0 amide bonds. The molecule has 0 radical (unpaired) electrons. The van der Waals surface area contributed by atoms with Crippen LogP contribution in [-0.4, -0.2) is 55.4 Å². The first-order chi connectivity index (χ1) is 6.68. The van der Waals surface area contributed by atoms with E-state index in [0.717, 1.165) is 12.8 Å². The van der Waals surface area contributed by atoms with E-state index in [9.17, 15) is 0 Å². The maximum atomic E-state index is 7.10. The van der Waals surface area contributed by atoms with Crippen molar-refractivity contribution < 1.29 is 0 Å². The maximum absolute atomic E-state index is 7.10. The number of piperazine rings is 1. The zero-order valence-electron chi connectivity index (χ0n) is 9.13. The van der Waals surface area contributed by atoms with Crippen LogP contribution in [0.4, 0.5) is 0 Å². The molecule has 3 N–H and O–H groups in total. The number of amidine groups is 1. The van der Waals surface area contributed by atoms with Crippen molar-refractivity contribution in [1.82, 2.24) is 9.80 Å². The molecule has 0 aromatic carbocycles. The molecule has 4 heteroatoms. The highest BCUT2D eigenvalue weighted by atomic mass is 15.2. The van der Waals surface area contributed by atoms with E-state index >= 15 is 0 Å². The SMILES string of the molecule is CN1CCN(CCCCC(=N)N)CC1. The number of nitrogens with one attached hydrogen (secondary N) is 1. The molecular formula is C10H22N4. The molecule has 14 heavy (non-hydrogen) atoms. The fourth-order valence-corrected chi connectivity index (χ4v) is 1.72. The number of nitrogens with zero attached hydrogens (tertiary/aromatic N) is 2. The van der Waals surface area contributed by atoms with Crippen LogP contribution in [0.3, 0.4) is 0 Å². The number of unbranched alkanes of at least 4 members (excludes halogenated alkanes) is 1. The Hall–Kier alpha value is -0.610. The Morgan fingerprint density at radius 3 is 2.43 bits per heavy atom. The van der Waals surface area contributed by atoms with E-state index in [1.54, 1.807) is 0 Å². The molecule has 0 unspecified atom stereocenters. The first-order valence-electron chi connectivity index (χ1n) is 5.42. The molecule has 1 aliphatic rings. The first-order valence-corrected chi connectivity index (χ1v) is 5.42.